The third-order valence-corrected chi connectivity index (χ3v) is 3.40. The van der Waals surface area contributed by atoms with Gasteiger partial charge in [-0.15, -0.1) is 6.58 Å². The summed E-state index contributed by atoms with van der Waals surface area (Å²) in [5, 5.41) is 3.77. The lowest BCUT2D eigenvalue weighted by Gasteiger charge is -2.23. The van der Waals surface area contributed by atoms with E-state index in [9.17, 15) is 0 Å². The summed E-state index contributed by atoms with van der Waals surface area (Å²) >= 11 is 0. The Balaban J connectivity index is 1.96. The molecule has 0 bridgehead atoms. The van der Waals surface area contributed by atoms with Gasteiger partial charge >= 0.3 is 0 Å². The van der Waals surface area contributed by atoms with Gasteiger partial charge in [-0.25, -0.2) is 0 Å². The van der Waals surface area contributed by atoms with Crippen LogP contribution in [-0.4, -0.2) is 6.04 Å². The zero-order valence-electron chi connectivity index (χ0n) is 10.1. The monoisotopic (exact) mass is 215 g/mol. The molecule has 1 aliphatic rings. The van der Waals surface area contributed by atoms with Gasteiger partial charge in [-0.05, 0) is 38.2 Å². The lowest BCUT2D eigenvalue weighted by atomic mass is 10.0. The number of nitrogens with one attached hydrogen (secondary N) is 1. The van der Waals surface area contributed by atoms with E-state index in [0.717, 1.165) is 6.42 Å². The summed E-state index contributed by atoms with van der Waals surface area (Å²) < 4.78 is 0. The molecular weight excluding hydrogens is 194 g/mol. The Labute approximate surface area is 98.6 Å². The quantitative estimate of drug-likeness (QED) is 0.715. The first-order valence-electron chi connectivity index (χ1n) is 6.21. The molecule has 1 nitrogen and oxygen atoms in total. The molecule has 2 rings (SSSR count). The van der Waals surface area contributed by atoms with Crippen LogP contribution in [0.3, 0.4) is 0 Å². The maximum absolute atomic E-state index is 3.78. The van der Waals surface area contributed by atoms with Crippen LogP contribution in [0.25, 0.3) is 0 Å². The first kappa shape index (κ1) is 11.4. The van der Waals surface area contributed by atoms with Gasteiger partial charge in [-0.1, -0.05) is 36.4 Å². The minimum Gasteiger partial charge on any atom is -0.305 e. The fourth-order valence-electron chi connectivity index (χ4n) is 2.31. The molecule has 1 unspecified atom stereocenters. The number of hydrogen-bond acceptors (Lipinski definition) is 1. The van der Waals surface area contributed by atoms with E-state index in [1.165, 1.54) is 24.8 Å². The lowest BCUT2D eigenvalue weighted by molar-refractivity contribution is 0.423. The Bertz CT molecular complexity index is 338. The van der Waals surface area contributed by atoms with Gasteiger partial charge in [0.1, 0.15) is 0 Å². The smallest absolute Gasteiger partial charge is 0.0438 e. The second kappa shape index (κ2) is 4.84. The summed E-state index contributed by atoms with van der Waals surface area (Å²) in [7, 11) is 0. The average molecular weight is 215 g/mol. The number of hydrogen-bond donors (Lipinski definition) is 1. The van der Waals surface area contributed by atoms with E-state index in [1.807, 2.05) is 6.08 Å². The standard InChI is InChI=1S/C15H21N/c1-3-4-8-13(2)16-15(11-12-15)14-9-6-5-7-10-14/h3,5-7,9-10,13,16H,1,4,8,11-12H2,2H3. The molecule has 0 aromatic heterocycles. The minimum atomic E-state index is 0.280. The van der Waals surface area contributed by atoms with Crippen LogP contribution in [0, 0.1) is 0 Å². The van der Waals surface area contributed by atoms with Gasteiger partial charge in [0.05, 0.1) is 0 Å². The molecular formula is C15H21N. The van der Waals surface area contributed by atoms with Crippen molar-refractivity contribution in [1.82, 2.24) is 5.32 Å². The molecule has 16 heavy (non-hydrogen) atoms. The maximum atomic E-state index is 3.78. The number of rotatable bonds is 6. The molecule has 1 aliphatic carbocycles. The minimum absolute atomic E-state index is 0.280. The van der Waals surface area contributed by atoms with E-state index in [1.54, 1.807) is 0 Å². The van der Waals surface area contributed by atoms with Crippen LogP contribution < -0.4 is 5.32 Å². The van der Waals surface area contributed by atoms with Crippen molar-refractivity contribution in [3.8, 4) is 0 Å². The van der Waals surface area contributed by atoms with Crippen LogP contribution in [0.2, 0.25) is 0 Å². The third kappa shape index (κ3) is 2.53. The summed E-state index contributed by atoms with van der Waals surface area (Å²) in [4.78, 5) is 0. The summed E-state index contributed by atoms with van der Waals surface area (Å²) in [5.41, 5.74) is 1.72. The zero-order valence-corrected chi connectivity index (χ0v) is 10.1. The van der Waals surface area contributed by atoms with Crippen molar-refractivity contribution >= 4 is 0 Å². The van der Waals surface area contributed by atoms with E-state index in [4.69, 9.17) is 0 Å². The molecule has 0 radical (unpaired) electrons. The van der Waals surface area contributed by atoms with Crippen LogP contribution in [0.15, 0.2) is 43.0 Å². The SMILES string of the molecule is C=CCCC(C)NC1(c2ccccc2)CC1. The molecule has 1 fully saturated rings. The number of allylic oxidation sites excluding steroid dienone is 1. The first-order chi connectivity index (χ1) is 7.77. The van der Waals surface area contributed by atoms with E-state index >= 15 is 0 Å². The molecule has 0 aliphatic heterocycles. The van der Waals surface area contributed by atoms with Gasteiger partial charge in [-0.2, -0.15) is 0 Å². The van der Waals surface area contributed by atoms with Crippen molar-refractivity contribution in [1.29, 1.82) is 0 Å². The number of benzene rings is 1. The van der Waals surface area contributed by atoms with Crippen LogP contribution in [0.1, 0.15) is 38.2 Å². The molecule has 1 heteroatoms. The highest BCUT2D eigenvalue weighted by atomic mass is 15.0. The summed E-state index contributed by atoms with van der Waals surface area (Å²) in [6.45, 7) is 6.05. The highest BCUT2D eigenvalue weighted by molar-refractivity contribution is 5.30. The fourth-order valence-corrected chi connectivity index (χ4v) is 2.31. The highest BCUT2D eigenvalue weighted by Crippen LogP contribution is 2.45. The Morgan fingerprint density at radius 2 is 2.06 bits per heavy atom. The van der Waals surface area contributed by atoms with Crippen molar-refractivity contribution in [2.75, 3.05) is 0 Å². The van der Waals surface area contributed by atoms with Crippen LogP contribution in [0.5, 0.6) is 0 Å². The molecule has 86 valence electrons. The summed E-state index contributed by atoms with van der Waals surface area (Å²) in [6.07, 6.45) is 6.82. The van der Waals surface area contributed by atoms with Gasteiger partial charge < -0.3 is 5.32 Å². The van der Waals surface area contributed by atoms with Gasteiger partial charge in [0.2, 0.25) is 0 Å². The predicted octanol–water partition coefficient (Wildman–Crippen LogP) is 3.62. The van der Waals surface area contributed by atoms with E-state index in [-0.39, 0.29) is 5.54 Å². The molecule has 1 aromatic carbocycles. The molecule has 1 saturated carbocycles. The lowest BCUT2D eigenvalue weighted by Crippen LogP contribution is -2.36. The van der Waals surface area contributed by atoms with E-state index in [0.29, 0.717) is 6.04 Å². The summed E-state index contributed by atoms with van der Waals surface area (Å²) in [6, 6.07) is 11.4. The van der Waals surface area contributed by atoms with Crippen molar-refractivity contribution in [2.45, 2.75) is 44.2 Å². The van der Waals surface area contributed by atoms with Crippen LogP contribution in [0.4, 0.5) is 0 Å². The van der Waals surface area contributed by atoms with E-state index < -0.39 is 0 Å². The van der Waals surface area contributed by atoms with Crippen molar-refractivity contribution in [3.05, 3.63) is 48.6 Å². The largest absolute Gasteiger partial charge is 0.305 e. The van der Waals surface area contributed by atoms with E-state index in [2.05, 4.69) is 49.2 Å². The topological polar surface area (TPSA) is 12.0 Å². The first-order valence-corrected chi connectivity index (χ1v) is 6.21. The molecule has 0 heterocycles. The molecule has 1 N–H and O–H groups in total. The Morgan fingerprint density at radius 1 is 1.38 bits per heavy atom. The Morgan fingerprint density at radius 3 is 2.62 bits per heavy atom. The average Bonchev–Trinajstić information content (AvgIpc) is 3.09. The molecule has 1 aromatic rings. The molecule has 0 saturated heterocycles. The molecule has 1 atom stereocenters. The third-order valence-electron chi connectivity index (χ3n) is 3.40. The van der Waals surface area contributed by atoms with Crippen molar-refractivity contribution in [3.63, 3.8) is 0 Å². The van der Waals surface area contributed by atoms with Gasteiger partial charge in [-0.3, -0.25) is 0 Å². The second-order valence-corrected chi connectivity index (χ2v) is 4.86. The van der Waals surface area contributed by atoms with Gasteiger partial charge in [0.25, 0.3) is 0 Å². The van der Waals surface area contributed by atoms with Gasteiger partial charge in [0.15, 0.2) is 0 Å². The fraction of sp³-hybridized carbons (Fsp3) is 0.467. The second-order valence-electron chi connectivity index (χ2n) is 4.86. The predicted molar refractivity (Wildman–Crippen MR) is 69.4 cm³/mol. The summed E-state index contributed by atoms with van der Waals surface area (Å²) in [5.74, 6) is 0. The van der Waals surface area contributed by atoms with Gasteiger partial charge in [0, 0.05) is 11.6 Å². The Hall–Kier alpha value is -1.08. The van der Waals surface area contributed by atoms with Crippen LogP contribution in [-0.2, 0) is 5.54 Å². The van der Waals surface area contributed by atoms with Crippen molar-refractivity contribution in [2.24, 2.45) is 0 Å². The highest BCUT2D eigenvalue weighted by Gasteiger charge is 2.44. The molecule has 0 spiro atoms. The normalized spacial score (nSPS) is 19.1. The van der Waals surface area contributed by atoms with Crippen molar-refractivity contribution < 1.29 is 0 Å². The maximum Gasteiger partial charge on any atom is 0.0438 e. The zero-order chi connectivity index (χ0) is 11.4. The van der Waals surface area contributed by atoms with Crippen LogP contribution >= 0.6 is 0 Å². The molecule has 0 amide bonds. The Kier molecular flexibility index (Phi) is 3.45.